The van der Waals surface area contributed by atoms with E-state index in [0.717, 1.165) is 22.5 Å². The molecule has 2 nitrogen and oxygen atoms in total. The average molecular weight is 851 g/mol. The van der Waals surface area contributed by atoms with Gasteiger partial charge >= 0.3 is 0 Å². The summed E-state index contributed by atoms with van der Waals surface area (Å²) in [7, 11) is 0. The fourth-order valence-electron chi connectivity index (χ4n) is 8.11. The Hall–Kier alpha value is -4.95. The minimum absolute atomic E-state index is 0. The molecule has 0 N–H and O–H groups in total. The van der Waals surface area contributed by atoms with Gasteiger partial charge in [0.2, 0.25) is 0 Å². The Morgan fingerprint density at radius 1 is 0.538 bits per heavy atom. The van der Waals surface area contributed by atoms with Crippen LogP contribution < -0.4 is 0 Å². The van der Waals surface area contributed by atoms with Crippen LogP contribution in [0.3, 0.4) is 0 Å². The molecule has 52 heavy (non-hydrogen) atoms. The Morgan fingerprint density at radius 3 is 1.90 bits per heavy atom. The van der Waals surface area contributed by atoms with Crippen molar-refractivity contribution in [2.75, 3.05) is 0 Å². The van der Waals surface area contributed by atoms with Crippen molar-refractivity contribution in [1.82, 2.24) is 9.97 Å². The Balaban J connectivity index is 0.000000222. The molecule has 0 saturated heterocycles. The number of fused-ring (bicyclic) bond motifs is 6. The molecule has 259 valence electrons. The third kappa shape index (κ3) is 5.87. The van der Waals surface area contributed by atoms with Gasteiger partial charge in [0.05, 0.1) is 0 Å². The molecule has 0 atom stereocenters. The van der Waals surface area contributed by atoms with Gasteiger partial charge in [0, 0.05) is 43.3 Å². The molecule has 0 unspecified atom stereocenters. The summed E-state index contributed by atoms with van der Waals surface area (Å²) >= 11 is 0. The predicted molar refractivity (Wildman–Crippen MR) is 212 cm³/mol. The van der Waals surface area contributed by atoms with E-state index in [4.69, 9.17) is 4.98 Å². The minimum atomic E-state index is -0.111. The van der Waals surface area contributed by atoms with E-state index >= 15 is 0 Å². The average Bonchev–Trinajstić information content (AvgIpc) is 3.53. The summed E-state index contributed by atoms with van der Waals surface area (Å²) in [6, 6.07) is 47.8. The Labute approximate surface area is 322 Å². The van der Waals surface area contributed by atoms with E-state index < -0.39 is 0 Å². The van der Waals surface area contributed by atoms with Crippen LogP contribution in [0, 0.1) is 32.9 Å². The number of hydrogen-bond acceptors (Lipinski definition) is 2. The maximum atomic E-state index is 4.74. The first kappa shape index (κ1) is 35.5. The molecule has 5 aromatic carbocycles. The normalized spacial score (nSPS) is 13.8. The van der Waals surface area contributed by atoms with Crippen LogP contribution in [0.5, 0.6) is 0 Å². The summed E-state index contributed by atoms with van der Waals surface area (Å²) in [6.07, 6.45) is 3.87. The van der Waals surface area contributed by atoms with Crippen molar-refractivity contribution < 1.29 is 20.1 Å². The van der Waals surface area contributed by atoms with Crippen molar-refractivity contribution in [1.29, 1.82) is 0 Å². The summed E-state index contributed by atoms with van der Waals surface area (Å²) in [5.74, 6) is 0. The smallest absolute Gasteiger partial charge is 0.0192 e. The third-order valence-electron chi connectivity index (χ3n) is 11.0. The van der Waals surface area contributed by atoms with E-state index in [0.29, 0.717) is 0 Å². The zero-order valence-corrected chi connectivity index (χ0v) is 33.2. The molecule has 3 heteroatoms. The van der Waals surface area contributed by atoms with Crippen LogP contribution in [-0.4, -0.2) is 9.97 Å². The predicted octanol–water partition coefficient (Wildman–Crippen LogP) is 12.3. The first-order valence-electron chi connectivity index (χ1n) is 17.8. The van der Waals surface area contributed by atoms with Gasteiger partial charge in [0.1, 0.15) is 0 Å². The third-order valence-corrected chi connectivity index (χ3v) is 11.0. The number of aryl methyl sites for hydroxylation is 3. The van der Waals surface area contributed by atoms with Crippen LogP contribution in [0.4, 0.5) is 0 Å². The summed E-state index contributed by atoms with van der Waals surface area (Å²) in [5.41, 5.74) is 21.3. The van der Waals surface area contributed by atoms with Gasteiger partial charge in [-0.05, 0) is 98.6 Å². The second-order valence-electron chi connectivity index (χ2n) is 15.1. The molecule has 2 heterocycles. The molecule has 2 aromatic heterocycles. The van der Waals surface area contributed by atoms with Gasteiger partial charge in [0.15, 0.2) is 0 Å². The van der Waals surface area contributed by atoms with E-state index in [2.05, 4.69) is 163 Å². The van der Waals surface area contributed by atoms with Crippen LogP contribution >= 0.6 is 0 Å². The molecule has 0 spiro atoms. The van der Waals surface area contributed by atoms with Crippen molar-refractivity contribution in [3.05, 3.63) is 179 Å². The topological polar surface area (TPSA) is 25.8 Å². The number of pyridine rings is 2. The second-order valence-corrected chi connectivity index (χ2v) is 15.1. The molecule has 0 fully saturated rings. The molecule has 9 rings (SSSR count). The Morgan fingerprint density at radius 2 is 1.21 bits per heavy atom. The fraction of sp³-hybridized carbons (Fsp3) is 0.184. The molecule has 7 aromatic rings. The molecule has 0 bridgehead atoms. The molecular formula is C49H42IrN2-2. The first-order chi connectivity index (χ1) is 24.6. The van der Waals surface area contributed by atoms with Crippen LogP contribution in [0.2, 0.25) is 0 Å². The quantitative estimate of drug-likeness (QED) is 0.166. The van der Waals surface area contributed by atoms with Gasteiger partial charge in [-0.3, -0.25) is 0 Å². The van der Waals surface area contributed by atoms with E-state index in [1.54, 1.807) is 0 Å². The molecule has 0 amide bonds. The number of rotatable bonds is 3. The Kier molecular flexibility index (Phi) is 9.24. The van der Waals surface area contributed by atoms with Gasteiger partial charge in [0.25, 0.3) is 0 Å². The zero-order valence-electron chi connectivity index (χ0n) is 30.9. The van der Waals surface area contributed by atoms with Crippen molar-refractivity contribution in [2.24, 2.45) is 0 Å². The van der Waals surface area contributed by atoms with E-state index in [1.807, 2.05) is 30.6 Å². The SMILES string of the molecule is CC1(C)c2ccccc2-c2c1cc1c(c2-c2ccnc(-c3[c-]cccc3)c2)C(C)(C)c2ccccc2-1.Cc1c[c-]c(-c2cc(C)c(C)cn2)cc1.[Ir]. The molecule has 2 aliphatic carbocycles. The van der Waals surface area contributed by atoms with Crippen molar-refractivity contribution in [3.63, 3.8) is 0 Å². The van der Waals surface area contributed by atoms with Gasteiger partial charge < -0.3 is 9.97 Å². The van der Waals surface area contributed by atoms with E-state index in [-0.39, 0.29) is 30.9 Å². The van der Waals surface area contributed by atoms with E-state index in [9.17, 15) is 0 Å². The van der Waals surface area contributed by atoms with Crippen LogP contribution in [0.15, 0.2) is 128 Å². The number of hydrogen-bond donors (Lipinski definition) is 0. The molecule has 1 radical (unpaired) electrons. The van der Waals surface area contributed by atoms with Crippen LogP contribution in [-0.2, 0) is 30.9 Å². The second kappa shape index (κ2) is 13.5. The molecular weight excluding hydrogens is 809 g/mol. The zero-order chi connectivity index (χ0) is 35.5. The number of aromatic nitrogens is 2. The fourth-order valence-corrected chi connectivity index (χ4v) is 8.11. The number of nitrogens with zero attached hydrogens (tertiary/aromatic N) is 2. The summed E-state index contributed by atoms with van der Waals surface area (Å²) in [6.45, 7) is 15.8. The Bertz CT molecular complexity index is 2440. The summed E-state index contributed by atoms with van der Waals surface area (Å²) in [5, 5.41) is 0. The van der Waals surface area contributed by atoms with Crippen molar-refractivity contribution in [2.45, 2.75) is 59.3 Å². The van der Waals surface area contributed by atoms with E-state index in [1.165, 1.54) is 72.3 Å². The number of benzene rings is 5. The van der Waals surface area contributed by atoms with Gasteiger partial charge in [-0.2, -0.15) is 0 Å². The molecule has 2 aliphatic rings. The largest absolute Gasteiger partial charge is 0.305 e. The van der Waals surface area contributed by atoms with Crippen LogP contribution in [0.25, 0.3) is 55.9 Å². The van der Waals surface area contributed by atoms with Crippen molar-refractivity contribution >= 4 is 0 Å². The maximum absolute atomic E-state index is 4.74. The molecule has 0 aliphatic heterocycles. The molecule has 0 saturated carbocycles. The first-order valence-corrected chi connectivity index (χ1v) is 17.8. The van der Waals surface area contributed by atoms with Gasteiger partial charge in [-0.1, -0.05) is 101 Å². The van der Waals surface area contributed by atoms with Crippen LogP contribution in [0.1, 0.15) is 66.6 Å². The monoisotopic (exact) mass is 851 g/mol. The van der Waals surface area contributed by atoms with Gasteiger partial charge in [-0.25, -0.2) is 0 Å². The summed E-state index contributed by atoms with van der Waals surface area (Å²) < 4.78 is 0. The van der Waals surface area contributed by atoms with Gasteiger partial charge in [-0.15, -0.1) is 71.3 Å². The maximum Gasteiger partial charge on any atom is 0.0192 e. The minimum Gasteiger partial charge on any atom is -0.305 e. The summed E-state index contributed by atoms with van der Waals surface area (Å²) in [4.78, 5) is 9.15. The van der Waals surface area contributed by atoms with Crippen molar-refractivity contribution in [3.8, 4) is 55.9 Å². The standard InChI is InChI=1S/C35H28N.C14H14N.Ir/c1-34(2)28-17-11-9-15-25(28)32-29(34)21-26-24-14-8-10-16-27(24)35(3,4)33(26)31(32)23-18-19-36-30(20-23)22-12-6-5-7-13-22;1-10-4-6-13(7-5-10)14-8-11(2)12(3)9-15-14;/h5-12,14-21H,1-4H3;4-6,8-9H,1-3H3;/q2*-1;.